The van der Waals surface area contributed by atoms with E-state index < -0.39 is 0 Å². The Balaban J connectivity index is 2.80. The third-order valence-corrected chi connectivity index (χ3v) is 3.56. The van der Waals surface area contributed by atoms with Crippen molar-refractivity contribution in [1.29, 1.82) is 0 Å². The molecule has 0 aliphatic heterocycles. The van der Waals surface area contributed by atoms with Crippen LogP contribution in [0.2, 0.25) is 0 Å². The molecule has 0 aliphatic carbocycles. The molecule has 0 amide bonds. The molecule has 1 atom stereocenters. The molecule has 106 valence electrons. The van der Waals surface area contributed by atoms with E-state index in [1.54, 1.807) is 14.2 Å². The molecular formula is C17H26O2. The van der Waals surface area contributed by atoms with Gasteiger partial charge in [0.05, 0.1) is 14.2 Å². The highest BCUT2D eigenvalue weighted by atomic mass is 16.5. The van der Waals surface area contributed by atoms with E-state index in [1.807, 2.05) is 18.2 Å². The number of hydrogen-bond acceptors (Lipinski definition) is 2. The van der Waals surface area contributed by atoms with Crippen LogP contribution in [0.15, 0.2) is 24.8 Å². The second-order valence-electron chi connectivity index (χ2n) is 5.02. The molecule has 0 unspecified atom stereocenters. The molecule has 1 aromatic carbocycles. The molecule has 0 heterocycles. The van der Waals surface area contributed by atoms with Crippen LogP contribution in [-0.2, 0) is 0 Å². The molecule has 0 fully saturated rings. The zero-order valence-corrected chi connectivity index (χ0v) is 12.7. The second kappa shape index (κ2) is 7.88. The van der Waals surface area contributed by atoms with Crippen LogP contribution < -0.4 is 9.47 Å². The summed E-state index contributed by atoms with van der Waals surface area (Å²) < 4.78 is 10.6. The SMILES string of the molecule is C=C(c1cc(OC)cc(OC)c1)[C@@H](C)CCCCC. The van der Waals surface area contributed by atoms with Gasteiger partial charge in [0, 0.05) is 6.07 Å². The molecular weight excluding hydrogens is 236 g/mol. The standard InChI is InChI=1S/C17H26O2/c1-6-7-8-9-13(2)14(3)15-10-16(18-4)12-17(11-15)19-5/h10-13H,3,6-9H2,1-2,4-5H3/t13-/m0/s1. The van der Waals surface area contributed by atoms with Crippen LogP contribution >= 0.6 is 0 Å². The molecule has 19 heavy (non-hydrogen) atoms. The zero-order chi connectivity index (χ0) is 14.3. The first kappa shape index (κ1) is 15.6. The Hall–Kier alpha value is -1.44. The van der Waals surface area contributed by atoms with Crippen molar-refractivity contribution in [2.24, 2.45) is 5.92 Å². The van der Waals surface area contributed by atoms with E-state index in [4.69, 9.17) is 9.47 Å². The van der Waals surface area contributed by atoms with Crippen LogP contribution in [-0.4, -0.2) is 14.2 Å². The molecule has 2 nitrogen and oxygen atoms in total. The largest absolute Gasteiger partial charge is 0.497 e. The van der Waals surface area contributed by atoms with Crippen molar-refractivity contribution in [3.63, 3.8) is 0 Å². The smallest absolute Gasteiger partial charge is 0.123 e. The Bertz CT molecular complexity index is 387. The summed E-state index contributed by atoms with van der Waals surface area (Å²) in [6, 6.07) is 5.95. The summed E-state index contributed by atoms with van der Waals surface area (Å²) in [5.74, 6) is 2.12. The van der Waals surface area contributed by atoms with Crippen molar-refractivity contribution in [2.45, 2.75) is 39.5 Å². The average molecular weight is 262 g/mol. The Morgan fingerprint density at radius 2 is 1.68 bits per heavy atom. The van der Waals surface area contributed by atoms with Crippen molar-refractivity contribution in [1.82, 2.24) is 0 Å². The van der Waals surface area contributed by atoms with Gasteiger partial charge < -0.3 is 9.47 Å². The average Bonchev–Trinajstić information content (AvgIpc) is 2.45. The van der Waals surface area contributed by atoms with E-state index in [0.29, 0.717) is 5.92 Å². The third-order valence-electron chi connectivity index (χ3n) is 3.56. The molecule has 0 saturated carbocycles. The summed E-state index contributed by atoms with van der Waals surface area (Å²) >= 11 is 0. The molecule has 0 spiro atoms. The van der Waals surface area contributed by atoms with Gasteiger partial charge in [-0.1, -0.05) is 39.7 Å². The van der Waals surface area contributed by atoms with Crippen molar-refractivity contribution in [2.75, 3.05) is 14.2 Å². The molecule has 1 rings (SSSR count). The Labute approximate surface area is 117 Å². The summed E-state index contributed by atoms with van der Waals surface area (Å²) in [5.41, 5.74) is 2.27. The van der Waals surface area contributed by atoms with Crippen LogP contribution in [0.25, 0.3) is 5.57 Å². The lowest BCUT2D eigenvalue weighted by atomic mass is 9.91. The number of benzene rings is 1. The van der Waals surface area contributed by atoms with Crippen LogP contribution in [0.5, 0.6) is 11.5 Å². The highest BCUT2D eigenvalue weighted by Crippen LogP contribution is 2.31. The van der Waals surface area contributed by atoms with Gasteiger partial charge in [-0.2, -0.15) is 0 Å². The van der Waals surface area contributed by atoms with Gasteiger partial charge in [-0.3, -0.25) is 0 Å². The number of allylic oxidation sites excluding steroid dienone is 1. The van der Waals surface area contributed by atoms with E-state index in [1.165, 1.54) is 25.7 Å². The van der Waals surface area contributed by atoms with E-state index in [2.05, 4.69) is 20.4 Å². The fraction of sp³-hybridized carbons (Fsp3) is 0.529. The first-order chi connectivity index (χ1) is 9.12. The molecule has 0 N–H and O–H groups in total. The number of rotatable bonds is 8. The quantitative estimate of drug-likeness (QED) is 0.618. The van der Waals surface area contributed by atoms with Gasteiger partial charge >= 0.3 is 0 Å². The first-order valence-corrected chi connectivity index (χ1v) is 7.04. The molecule has 0 saturated heterocycles. The highest BCUT2D eigenvalue weighted by Gasteiger charge is 2.11. The minimum atomic E-state index is 0.489. The van der Waals surface area contributed by atoms with Crippen LogP contribution in [0, 0.1) is 5.92 Å². The third kappa shape index (κ3) is 4.62. The minimum absolute atomic E-state index is 0.489. The molecule has 0 aliphatic rings. The van der Waals surface area contributed by atoms with Gasteiger partial charge in [-0.15, -0.1) is 0 Å². The highest BCUT2D eigenvalue weighted by molar-refractivity contribution is 5.67. The number of methoxy groups -OCH3 is 2. The summed E-state index contributed by atoms with van der Waals surface area (Å²) in [6.07, 6.45) is 5.00. The van der Waals surface area contributed by atoms with Gasteiger partial charge in [-0.25, -0.2) is 0 Å². The lowest BCUT2D eigenvalue weighted by Gasteiger charge is -2.16. The lowest BCUT2D eigenvalue weighted by molar-refractivity contribution is 0.394. The number of unbranched alkanes of at least 4 members (excludes halogenated alkanes) is 2. The predicted octanol–water partition coefficient (Wildman–Crippen LogP) is 4.93. The lowest BCUT2D eigenvalue weighted by Crippen LogP contribution is -1.99. The number of hydrogen-bond donors (Lipinski definition) is 0. The second-order valence-corrected chi connectivity index (χ2v) is 5.02. The topological polar surface area (TPSA) is 18.5 Å². The monoisotopic (exact) mass is 262 g/mol. The van der Waals surface area contributed by atoms with E-state index in [9.17, 15) is 0 Å². The minimum Gasteiger partial charge on any atom is -0.497 e. The van der Waals surface area contributed by atoms with E-state index in [0.717, 1.165) is 22.6 Å². The summed E-state index contributed by atoms with van der Waals surface area (Å²) in [7, 11) is 3.35. The maximum absolute atomic E-state index is 5.30. The van der Waals surface area contributed by atoms with Gasteiger partial charge in [0.15, 0.2) is 0 Å². The predicted molar refractivity (Wildman–Crippen MR) is 81.9 cm³/mol. The van der Waals surface area contributed by atoms with Crippen molar-refractivity contribution >= 4 is 5.57 Å². The summed E-state index contributed by atoms with van der Waals surface area (Å²) in [4.78, 5) is 0. The van der Waals surface area contributed by atoms with Crippen molar-refractivity contribution < 1.29 is 9.47 Å². The molecule has 0 radical (unpaired) electrons. The fourth-order valence-electron chi connectivity index (χ4n) is 2.15. The fourth-order valence-corrected chi connectivity index (χ4v) is 2.15. The van der Waals surface area contributed by atoms with Crippen LogP contribution in [0.1, 0.15) is 45.1 Å². The molecule has 1 aromatic rings. The molecule has 0 bridgehead atoms. The van der Waals surface area contributed by atoms with Gasteiger partial charge in [0.2, 0.25) is 0 Å². The van der Waals surface area contributed by atoms with Gasteiger partial charge in [0.25, 0.3) is 0 Å². The Morgan fingerprint density at radius 1 is 1.11 bits per heavy atom. The normalized spacial score (nSPS) is 12.0. The van der Waals surface area contributed by atoms with Gasteiger partial charge in [-0.05, 0) is 35.6 Å². The van der Waals surface area contributed by atoms with Crippen LogP contribution in [0.4, 0.5) is 0 Å². The first-order valence-electron chi connectivity index (χ1n) is 7.04. The van der Waals surface area contributed by atoms with Crippen LogP contribution in [0.3, 0.4) is 0 Å². The Morgan fingerprint density at radius 3 is 2.16 bits per heavy atom. The van der Waals surface area contributed by atoms with Crippen molar-refractivity contribution in [3.8, 4) is 11.5 Å². The maximum Gasteiger partial charge on any atom is 0.123 e. The molecule has 0 aromatic heterocycles. The number of ether oxygens (including phenoxy) is 2. The summed E-state index contributed by atoms with van der Waals surface area (Å²) in [6.45, 7) is 8.71. The van der Waals surface area contributed by atoms with E-state index >= 15 is 0 Å². The zero-order valence-electron chi connectivity index (χ0n) is 12.7. The maximum atomic E-state index is 5.30. The Kier molecular flexibility index (Phi) is 6.48. The summed E-state index contributed by atoms with van der Waals surface area (Å²) in [5, 5.41) is 0. The molecule has 2 heteroatoms. The van der Waals surface area contributed by atoms with E-state index in [-0.39, 0.29) is 0 Å². The van der Waals surface area contributed by atoms with Crippen molar-refractivity contribution in [3.05, 3.63) is 30.3 Å². The van der Waals surface area contributed by atoms with Gasteiger partial charge in [0.1, 0.15) is 11.5 Å².